The van der Waals surface area contributed by atoms with Gasteiger partial charge in [0.25, 0.3) is 0 Å². The van der Waals surface area contributed by atoms with Crippen LogP contribution in [0.5, 0.6) is 0 Å². The van der Waals surface area contributed by atoms with Gasteiger partial charge in [0.2, 0.25) is 5.69 Å². The van der Waals surface area contributed by atoms with E-state index in [9.17, 15) is 5.21 Å². The Morgan fingerprint density at radius 2 is 1.89 bits per heavy atom. The maximum absolute atomic E-state index is 11.7. The zero-order chi connectivity index (χ0) is 12.4. The molecule has 6 heteroatoms. The van der Waals surface area contributed by atoms with Gasteiger partial charge in [0.15, 0.2) is 0 Å². The molecule has 1 aromatic carbocycles. The lowest BCUT2D eigenvalue weighted by Crippen LogP contribution is -2.43. The molecule has 1 fully saturated rings. The van der Waals surface area contributed by atoms with Gasteiger partial charge < -0.3 is 14.6 Å². The lowest BCUT2D eigenvalue weighted by Gasteiger charge is -2.23. The van der Waals surface area contributed by atoms with E-state index in [0.29, 0.717) is 42.7 Å². The van der Waals surface area contributed by atoms with E-state index in [1.165, 1.54) is 0 Å². The quantitative estimate of drug-likeness (QED) is 0.735. The summed E-state index contributed by atoms with van der Waals surface area (Å²) in [7, 11) is 0. The molecule has 0 amide bonds. The Morgan fingerprint density at radius 3 is 2.61 bits per heavy atom. The molecular formula is C12H13N3O3. The summed E-state index contributed by atoms with van der Waals surface area (Å²) in [6, 6.07) is 9.54. The Bertz CT molecular complexity index is 521. The summed E-state index contributed by atoms with van der Waals surface area (Å²) in [5, 5.41) is 15.6. The molecule has 0 radical (unpaired) electrons. The topological polar surface area (TPSA) is 65.4 Å². The highest BCUT2D eigenvalue weighted by Crippen LogP contribution is 2.26. The number of rotatable bonds is 2. The summed E-state index contributed by atoms with van der Waals surface area (Å²) in [6.45, 7) is 2.56. The van der Waals surface area contributed by atoms with Crippen LogP contribution in [0.2, 0.25) is 0 Å². The Kier molecular flexibility index (Phi) is 2.85. The lowest BCUT2D eigenvalue weighted by molar-refractivity contribution is -0.792. The van der Waals surface area contributed by atoms with Gasteiger partial charge in [-0.25, -0.2) is 0 Å². The van der Waals surface area contributed by atoms with E-state index in [1.54, 1.807) is 0 Å². The molecule has 1 aliphatic rings. The van der Waals surface area contributed by atoms with Crippen LogP contribution in [-0.2, 0) is 4.74 Å². The van der Waals surface area contributed by atoms with E-state index in [0.717, 1.165) is 5.56 Å². The summed E-state index contributed by atoms with van der Waals surface area (Å²) in [5.74, 6) is 0.463. The summed E-state index contributed by atoms with van der Waals surface area (Å²) in [6.07, 6.45) is 0. The van der Waals surface area contributed by atoms with Crippen molar-refractivity contribution in [2.45, 2.75) is 0 Å². The Labute approximate surface area is 104 Å². The lowest BCUT2D eigenvalue weighted by atomic mass is 10.1. The molecule has 2 aromatic rings. The molecule has 0 aliphatic carbocycles. The monoisotopic (exact) mass is 247 g/mol. The van der Waals surface area contributed by atoms with E-state index in [-0.39, 0.29) is 0 Å². The van der Waals surface area contributed by atoms with Gasteiger partial charge in [-0.15, -0.1) is 0 Å². The van der Waals surface area contributed by atoms with Crippen molar-refractivity contribution in [1.82, 2.24) is 5.16 Å². The van der Waals surface area contributed by atoms with Crippen LogP contribution in [0.25, 0.3) is 11.3 Å². The first-order chi connectivity index (χ1) is 8.86. The average Bonchev–Trinajstić information content (AvgIpc) is 2.83. The zero-order valence-electron chi connectivity index (χ0n) is 9.78. The van der Waals surface area contributed by atoms with Gasteiger partial charge >= 0.3 is 5.82 Å². The summed E-state index contributed by atoms with van der Waals surface area (Å²) < 4.78 is 10.0. The fourth-order valence-corrected chi connectivity index (χ4v) is 2.06. The highest BCUT2D eigenvalue weighted by molar-refractivity contribution is 5.69. The van der Waals surface area contributed by atoms with Crippen molar-refractivity contribution in [2.75, 3.05) is 31.2 Å². The number of morpholine rings is 1. The first kappa shape index (κ1) is 11.0. The van der Waals surface area contributed by atoms with Gasteiger partial charge in [-0.05, 0) is 5.16 Å². The number of hydrogen-bond acceptors (Lipinski definition) is 5. The van der Waals surface area contributed by atoms with Crippen molar-refractivity contribution in [3.05, 3.63) is 35.5 Å². The predicted octanol–water partition coefficient (Wildman–Crippen LogP) is 0.812. The summed E-state index contributed by atoms with van der Waals surface area (Å²) in [4.78, 5) is 2.41. The molecule has 0 spiro atoms. The minimum absolute atomic E-state index is 0.463. The average molecular weight is 247 g/mol. The van der Waals surface area contributed by atoms with E-state index >= 15 is 0 Å². The molecule has 0 N–H and O–H groups in total. The van der Waals surface area contributed by atoms with Crippen LogP contribution in [-0.4, -0.2) is 31.5 Å². The van der Waals surface area contributed by atoms with Crippen molar-refractivity contribution in [3.63, 3.8) is 0 Å². The standard InChI is InChI=1S/C12H13N3O3/c16-15-12(14-6-8-17-9-7-14)11(13-18-15)10-4-2-1-3-5-10/h1-5H,6-9H2. The third-order valence-electron chi connectivity index (χ3n) is 2.95. The van der Waals surface area contributed by atoms with Crippen molar-refractivity contribution in [1.29, 1.82) is 0 Å². The largest absolute Gasteiger partial charge is 0.391 e. The van der Waals surface area contributed by atoms with Crippen LogP contribution in [0, 0.1) is 5.21 Å². The molecule has 0 atom stereocenters. The van der Waals surface area contributed by atoms with Crippen molar-refractivity contribution in [2.24, 2.45) is 0 Å². The predicted molar refractivity (Wildman–Crippen MR) is 63.9 cm³/mol. The van der Waals surface area contributed by atoms with E-state index in [4.69, 9.17) is 9.37 Å². The highest BCUT2D eigenvalue weighted by atomic mass is 16.8. The summed E-state index contributed by atoms with van der Waals surface area (Å²) >= 11 is 0. The molecule has 94 valence electrons. The second kappa shape index (κ2) is 4.66. The van der Waals surface area contributed by atoms with Gasteiger partial charge in [0, 0.05) is 5.56 Å². The first-order valence-corrected chi connectivity index (χ1v) is 5.84. The molecule has 1 aliphatic heterocycles. The number of nitrogens with zero attached hydrogens (tertiary/aromatic N) is 3. The second-order valence-corrected chi connectivity index (χ2v) is 4.07. The molecule has 18 heavy (non-hydrogen) atoms. The van der Waals surface area contributed by atoms with Crippen molar-refractivity contribution < 1.29 is 14.3 Å². The van der Waals surface area contributed by atoms with Gasteiger partial charge in [-0.1, -0.05) is 35.2 Å². The minimum atomic E-state index is 0.463. The maximum Gasteiger partial charge on any atom is 0.305 e. The normalized spacial score (nSPS) is 15.9. The van der Waals surface area contributed by atoms with Gasteiger partial charge in [-0.3, -0.25) is 4.90 Å². The first-order valence-electron chi connectivity index (χ1n) is 5.84. The fourth-order valence-electron chi connectivity index (χ4n) is 2.06. The highest BCUT2D eigenvalue weighted by Gasteiger charge is 2.27. The number of ether oxygens (including phenoxy) is 1. The number of aromatic nitrogens is 2. The Balaban J connectivity index is 2.01. The molecule has 3 rings (SSSR count). The molecule has 6 nitrogen and oxygen atoms in total. The van der Waals surface area contributed by atoms with Crippen LogP contribution in [0.1, 0.15) is 0 Å². The molecule has 1 aromatic heterocycles. The number of benzene rings is 1. The Hall–Kier alpha value is -2.08. The van der Waals surface area contributed by atoms with E-state index < -0.39 is 0 Å². The third-order valence-corrected chi connectivity index (χ3v) is 2.95. The summed E-state index contributed by atoms with van der Waals surface area (Å²) in [5.41, 5.74) is 1.45. The second-order valence-electron chi connectivity index (χ2n) is 4.07. The fraction of sp³-hybridized carbons (Fsp3) is 0.333. The van der Waals surface area contributed by atoms with Crippen LogP contribution in [0.3, 0.4) is 0 Å². The molecule has 0 saturated carbocycles. The smallest absolute Gasteiger partial charge is 0.305 e. The number of hydrogen-bond donors (Lipinski definition) is 0. The zero-order valence-corrected chi connectivity index (χ0v) is 9.78. The van der Waals surface area contributed by atoms with Crippen molar-refractivity contribution >= 4 is 5.82 Å². The SMILES string of the molecule is [O-][n+]1onc(-c2ccccc2)c1N1CCOCC1. The molecule has 1 saturated heterocycles. The van der Waals surface area contributed by atoms with Crippen LogP contribution in [0.15, 0.2) is 35.0 Å². The molecular weight excluding hydrogens is 234 g/mol. The molecule has 0 unspecified atom stereocenters. The van der Waals surface area contributed by atoms with E-state index in [1.807, 2.05) is 35.2 Å². The van der Waals surface area contributed by atoms with Crippen LogP contribution in [0.4, 0.5) is 5.82 Å². The van der Waals surface area contributed by atoms with Crippen LogP contribution >= 0.6 is 0 Å². The minimum Gasteiger partial charge on any atom is -0.391 e. The van der Waals surface area contributed by atoms with Gasteiger partial charge in [0.05, 0.1) is 26.3 Å². The third kappa shape index (κ3) is 1.91. The maximum atomic E-state index is 11.7. The Morgan fingerprint density at radius 1 is 1.17 bits per heavy atom. The van der Waals surface area contributed by atoms with Crippen molar-refractivity contribution in [3.8, 4) is 11.3 Å². The van der Waals surface area contributed by atoms with E-state index in [2.05, 4.69) is 5.16 Å². The molecule has 0 bridgehead atoms. The number of anilines is 1. The van der Waals surface area contributed by atoms with Crippen LogP contribution < -0.4 is 9.80 Å². The van der Waals surface area contributed by atoms with Gasteiger partial charge in [-0.2, -0.15) is 0 Å². The van der Waals surface area contributed by atoms with Gasteiger partial charge in [0.1, 0.15) is 0 Å². The molecule has 2 heterocycles.